The lowest BCUT2D eigenvalue weighted by Crippen LogP contribution is -2.25. The standard InChI is InChI=1S/C13H14N4O3S/c18-13(12-11-8(7-21-12)19-4-5-20-11)14-6-10-16-15-9-2-1-3-17(9)10/h7H,1-6H2,(H,14,18). The Labute approximate surface area is 124 Å². The van der Waals surface area contributed by atoms with E-state index in [1.807, 2.05) is 0 Å². The van der Waals surface area contributed by atoms with Crippen molar-refractivity contribution in [2.75, 3.05) is 13.2 Å². The Hall–Kier alpha value is -2.09. The number of carbonyl (C=O) groups is 1. The molecule has 0 bridgehead atoms. The smallest absolute Gasteiger partial charge is 0.265 e. The number of carbonyl (C=O) groups excluding carboxylic acids is 1. The molecule has 2 aliphatic heterocycles. The Morgan fingerprint density at radius 3 is 3.24 bits per heavy atom. The molecule has 0 saturated heterocycles. The Balaban J connectivity index is 1.47. The van der Waals surface area contributed by atoms with Crippen molar-refractivity contribution in [3.05, 3.63) is 21.9 Å². The third-order valence-corrected chi connectivity index (χ3v) is 4.54. The molecular weight excluding hydrogens is 292 g/mol. The molecule has 0 unspecified atom stereocenters. The fraction of sp³-hybridized carbons (Fsp3) is 0.462. The first kappa shape index (κ1) is 12.6. The molecule has 2 aromatic rings. The summed E-state index contributed by atoms with van der Waals surface area (Å²) in [5.41, 5.74) is 0. The van der Waals surface area contributed by atoms with E-state index in [9.17, 15) is 4.79 Å². The number of aryl methyl sites for hydroxylation is 1. The number of fused-ring (bicyclic) bond motifs is 2. The number of amides is 1. The van der Waals surface area contributed by atoms with E-state index in [2.05, 4.69) is 20.1 Å². The van der Waals surface area contributed by atoms with Gasteiger partial charge in [-0.3, -0.25) is 4.79 Å². The second-order valence-corrected chi connectivity index (χ2v) is 5.81. The molecule has 1 amide bonds. The number of aromatic nitrogens is 3. The maximum atomic E-state index is 12.3. The van der Waals surface area contributed by atoms with Crippen LogP contribution in [0.4, 0.5) is 0 Å². The summed E-state index contributed by atoms with van der Waals surface area (Å²) in [4.78, 5) is 12.8. The van der Waals surface area contributed by atoms with Gasteiger partial charge in [-0.1, -0.05) is 0 Å². The monoisotopic (exact) mass is 306 g/mol. The molecule has 21 heavy (non-hydrogen) atoms. The minimum atomic E-state index is -0.165. The summed E-state index contributed by atoms with van der Waals surface area (Å²) in [5.74, 6) is 2.85. The van der Waals surface area contributed by atoms with Gasteiger partial charge in [0.2, 0.25) is 0 Å². The minimum Gasteiger partial charge on any atom is -0.485 e. The minimum absolute atomic E-state index is 0.165. The van der Waals surface area contributed by atoms with Gasteiger partial charge in [0.05, 0.1) is 6.54 Å². The number of nitrogens with zero attached hydrogens (tertiary/aromatic N) is 3. The fourth-order valence-electron chi connectivity index (χ4n) is 2.60. The largest absolute Gasteiger partial charge is 0.485 e. The molecule has 0 atom stereocenters. The molecule has 7 nitrogen and oxygen atoms in total. The lowest BCUT2D eigenvalue weighted by Gasteiger charge is -2.15. The summed E-state index contributed by atoms with van der Waals surface area (Å²) in [5, 5.41) is 12.9. The Bertz CT molecular complexity index is 694. The average molecular weight is 306 g/mol. The SMILES string of the molecule is O=C(NCc1nnc2n1CCC2)c1scc2c1OCCO2. The summed E-state index contributed by atoms with van der Waals surface area (Å²) in [6, 6.07) is 0. The van der Waals surface area contributed by atoms with Crippen molar-refractivity contribution in [3.8, 4) is 11.5 Å². The highest BCUT2D eigenvalue weighted by Crippen LogP contribution is 2.39. The zero-order valence-electron chi connectivity index (χ0n) is 11.3. The summed E-state index contributed by atoms with van der Waals surface area (Å²) < 4.78 is 13.0. The van der Waals surface area contributed by atoms with Gasteiger partial charge >= 0.3 is 0 Å². The van der Waals surface area contributed by atoms with Crippen molar-refractivity contribution < 1.29 is 14.3 Å². The fourth-order valence-corrected chi connectivity index (χ4v) is 3.45. The van der Waals surface area contributed by atoms with E-state index in [0.717, 1.165) is 31.0 Å². The molecule has 0 aliphatic carbocycles. The van der Waals surface area contributed by atoms with Crippen molar-refractivity contribution in [3.63, 3.8) is 0 Å². The Morgan fingerprint density at radius 2 is 2.29 bits per heavy atom. The predicted octanol–water partition coefficient (Wildman–Crippen LogP) is 0.987. The molecule has 8 heteroatoms. The number of ether oxygens (including phenoxy) is 2. The van der Waals surface area contributed by atoms with E-state index in [-0.39, 0.29) is 5.91 Å². The Morgan fingerprint density at radius 1 is 1.38 bits per heavy atom. The first-order valence-electron chi connectivity index (χ1n) is 6.89. The molecular formula is C13H14N4O3S. The van der Waals surface area contributed by atoms with Crippen LogP contribution in [0.15, 0.2) is 5.38 Å². The van der Waals surface area contributed by atoms with Crippen LogP contribution in [0.25, 0.3) is 0 Å². The zero-order chi connectivity index (χ0) is 14.2. The lowest BCUT2D eigenvalue weighted by molar-refractivity contribution is 0.0944. The van der Waals surface area contributed by atoms with Crippen molar-refractivity contribution in [2.24, 2.45) is 0 Å². The van der Waals surface area contributed by atoms with Gasteiger partial charge in [0.15, 0.2) is 17.3 Å². The van der Waals surface area contributed by atoms with Gasteiger partial charge in [-0.05, 0) is 6.42 Å². The van der Waals surface area contributed by atoms with E-state index in [1.165, 1.54) is 11.3 Å². The molecule has 2 aliphatic rings. The van der Waals surface area contributed by atoms with E-state index < -0.39 is 0 Å². The van der Waals surface area contributed by atoms with Gasteiger partial charge in [0.25, 0.3) is 5.91 Å². The summed E-state index contributed by atoms with van der Waals surface area (Å²) in [6.45, 7) is 2.30. The van der Waals surface area contributed by atoms with E-state index in [4.69, 9.17) is 9.47 Å². The molecule has 0 fully saturated rings. The Kier molecular flexibility index (Phi) is 3.03. The predicted molar refractivity (Wildman–Crippen MR) is 74.8 cm³/mol. The van der Waals surface area contributed by atoms with Crippen LogP contribution in [0.1, 0.15) is 27.7 Å². The topological polar surface area (TPSA) is 78.3 Å². The lowest BCUT2D eigenvalue weighted by atomic mass is 10.3. The summed E-state index contributed by atoms with van der Waals surface area (Å²) >= 11 is 1.33. The number of thiophene rings is 1. The van der Waals surface area contributed by atoms with Crippen LogP contribution in [0.5, 0.6) is 11.5 Å². The van der Waals surface area contributed by atoms with Gasteiger partial charge < -0.3 is 19.4 Å². The average Bonchev–Trinajstić information content (AvgIpc) is 3.20. The van der Waals surface area contributed by atoms with Gasteiger partial charge in [-0.15, -0.1) is 21.5 Å². The third kappa shape index (κ3) is 2.15. The van der Waals surface area contributed by atoms with Crippen LogP contribution in [0.2, 0.25) is 0 Å². The molecule has 110 valence electrons. The molecule has 0 radical (unpaired) electrons. The maximum absolute atomic E-state index is 12.3. The summed E-state index contributed by atoms with van der Waals surface area (Å²) in [6.07, 6.45) is 2.06. The van der Waals surface area contributed by atoms with Crippen molar-refractivity contribution >= 4 is 17.2 Å². The van der Waals surface area contributed by atoms with Crippen LogP contribution in [0.3, 0.4) is 0 Å². The number of nitrogens with one attached hydrogen (secondary N) is 1. The van der Waals surface area contributed by atoms with Crippen LogP contribution in [-0.2, 0) is 19.5 Å². The first-order chi connectivity index (χ1) is 10.3. The van der Waals surface area contributed by atoms with Gasteiger partial charge in [-0.25, -0.2) is 0 Å². The highest BCUT2D eigenvalue weighted by Gasteiger charge is 2.24. The quantitative estimate of drug-likeness (QED) is 0.915. The number of hydrogen-bond acceptors (Lipinski definition) is 6. The van der Waals surface area contributed by atoms with Crippen LogP contribution in [0, 0.1) is 0 Å². The normalized spacial score (nSPS) is 15.8. The first-order valence-corrected chi connectivity index (χ1v) is 7.77. The maximum Gasteiger partial charge on any atom is 0.265 e. The zero-order valence-corrected chi connectivity index (χ0v) is 12.1. The number of hydrogen-bond donors (Lipinski definition) is 1. The van der Waals surface area contributed by atoms with Crippen LogP contribution in [-0.4, -0.2) is 33.9 Å². The second-order valence-electron chi connectivity index (χ2n) is 4.93. The molecule has 0 aromatic carbocycles. The van der Waals surface area contributed by atoms with Gasteiger partial charge in [0, 0.05) is 18.3 Å². The molecule has 0 spiro atoms. The number of rotatable bonds is 3. The molecule has 1 N–H and O–H groups in total. The highest BCUT2D eigenvalue weighted by atomic mass is 32.1. The molecule has 4 heterocycles. The van der Waals surface area contributed by atoms with E-state index in [0.29, 0.717) is 36.1 Å². The van der Waals surface area contributed by atoms with Gasteiger partial charge in [0.1, 0.15) is 23.9 Å². The molecule has 2 aromatic heterocycles. The molecule has 4 rings (SSSR count). The second kappa shape index (κ2) is 5.03. The van der Waals surface area contributed by atoms with Crippen molar-refractivity contribution in [1.82, 2.24) is 20.1 Å². The third-order valence-electron chi connectivity index (χ3n) is 3.60. The van der Waals surface area contributed by atoms with Crippen LogP contribution < -0.4 is 14.8 Å². The van der Waals surface area contributed by atoms with Crippen molar-refractivity contribution in [1.29, 1.82) is 0 Å². The molecule has 0 saturated carbocycles. The summed E-state index contributed by atoms with van der Waals surface area (Å²) in [7, 11) is 0. The van der Waals surface area contributed by atoms with Gasteiger partial charge in [-0.2, -0.15) is 0 Å². The van der Waals surface area contributed by atoms with E-state index >= 15 is 0 Å². The van der Waals surface area contributed by atoms with Crippen LogP contribution >= 0.6 is 11.3 Å². The van der Waals surface area contributed by atoms with Crippen molar-refractivity contribution in [2.45, 2.75) is 25.9 Å². The van der Waals surface area contributed by atoms with E-state index in [1.54, 1.807) is 5.38 Å². The highest BCUT2D eigenvalue weighted by molar-refractivity contribution is 7.12.